The first-order valence-electron chi connectivity index (χ1n) is 8.07. The van der Waals surface area contributed by atoms with Gasteiger partial charge in [-0.2, -0.15) is 0 Å². The first-order valence-corrected chi connectivity index (χ1v) is 8.07. The first-order chi connectivity index (χ1) is 11.5. The number of nitrogens with two attached hydrogens (primary N) is 1. The Morgan fingerprint density at radius 2 is 1.96 bits per heavy atom. The number of anilines is 1. The third-order valence-corrected chi connectivity index (χ3v) is 4.16. The second-order valence-electron chi connectivity index (χ2n) is 6.41. The number of aromatic amines is 1. The van der Waals surface area contributed by atoms with Gasteiger partial charge in [-0.05, 0) is 42.7 Å². The summed E-state index contributed by atoms with van der Waals surface area (Å²) in [6.07, 6.45) is 0. The largest absolute Gasteiger partial charge is 0.399 e. The molecule has 124 valence electrons. The molecule has 1 heterocycles. The number of rotatable bonds is 4. The number of amides is 1. The molecule has 3 aromatic rings. The molecule has 0 fully saturated rings. The van der Waals surface area contributed by atoms with Crippen LogP contribution in [0.5, 0.6) is 0 Å². The van der Waals surface area contributed by atoms with Gasteiger partial charge in [-0.15, -0.1) is 0 Å². The van der Waals surface area contributed by atoms with Gasteiger partial charge in [0.1, 0.15) is 5.82 Å². The zero-order valence-corrected chi connectivity index (χ0v) is 14.1. The number of aryl methyl sites for hydroxylation is 1. The van der Waals surface area contributed by atoms with Crippen LogP contribution in [0.15, 0.2) is 42.5 Å². The van der Waals surface area contributed by atoms with E-state index in [4.69, 9.17) is 5.73 Å². The maximum Gasteiger partial charge on any atom is 0.252 e. The molecule has 1 unspecified atom stereocenters. The van der Waals surface area contributed by atoms with Crippen molar-refractivity contribution in [3.63, 3.8) is 0 Å². The number of imidazole rings is 1. The fourth-order valence-corrected chi connectivity index (χ4v) is 2.77. The van der Waals surface area contributed by atoms with Gasteiger partial charge in [0.15, 0.2) is 0 Å². The number of nitrogens with one attached hydrogen (secondary N) is 2. The highest BCUT2D eigenvalue weighted by atomic mass is 16.1. The predicted octanol–water partition coefficient (Wildman–Crippen LogP) is 3.58. The third-order valence-electron chi connectivity index (χ3n) is 4.16. The SMILES string of the molecule is Cc1ccc(N)cc1C(=O)NC(c1nc2ccccc2[nH]1)C(C)C. The number of carbonyl (C=O) groups is 1. The normalized spacial score (nSPS) is 12.5. The van der Waals surface area contributed by atoms with Gasteiger partial charge in [0.05, 0.1) is 17.1 Å². The molecule has 0 radical (unpaired) electrons. The maximum atomic E-state index is 12.7. The highest BCUT2D eigenvalue weighted by molar-refractivity contribution is 5.96. The van der Waals surface area contributed by atoms with Crippen LogP contribution < -0.4 is 11.1 Å². The minimum atomic E-state index is -0.203. The summed E-state index contributed by atoms with van der Waals surface area (Å²) < 4.78 is 0. The lowest BCUT2D eigenvalue weighted by atomic mass is 10.0. The molecular formula is C19H22N4O. The Labute approximate surface area is 141 Å². The lowest BCUT2D eigenvalue weighted by molar-refractivity contribution is 0.0923. The van der Waals surface area contributed by atoms with E-state index < -0.39 is 0 Å². The lowest BCUT2D eigenvalue weighted by Gasteiger charge is -2.21. The Morgan fingerprint density at radius 1 is 1.21 bits per heavy atom. The Morgan fingerprint density at radius 3 is 2.67 bits per heavy atom. The molecule has 0 aliphatic carbocycles. The number of benzene rings is 2. The molecule has 4 N–H and O–H groups in total. The van der Waals surface area contributed by atoms with Crippen molar-refractivity contribution in [2.45, 2.75) is 26.8 Å². The lowest BCUT2D eigenvalue weighted by Crippen LogP contribution is -2.33. The summed E-state index contributed by atoms with van der Waals surface area (Å²) in [7, 11) is 0. The van der Waals surface area contributed by atoms with Crippen LogP contribution in [0.2, 0.25) is 0 Å². The van der Waals surface area contributed by atoms with E-state index in [9.17, 15) is 4.79 Å². The summed E-state index contributed by atoms with van der Waals surface area (Å²) >= 11 is 0. The fourth-order valence-electron chi connectivity index (χ4n) is 2.77. The van der Waals surface area contributed by atoms with Crippen LogP contribution >= 0.6 is 0 Å². The minimum absolute atomic E-state index is 0.140. The molecule has 0 aliphatic rings. The average molecular weight is 322 g/mol. The molecule has 1 atom stereocenters. The number of para-hydroxylation sites is 2. The van der Waals surface area contributed by atoms with Crippen LogP contribution in [0.25, 0.3) is 11.0 Å². The minimum Gasteiger partial charge on any atom is -0.399 e. The quantitative estimate of drug-likeness (QED) is 0.642. The molecule has 5 nitrogen and oxygen atoms in total. The highest BCUT2D eigenvalue weighted by Crippen LogP contribution is 2.23. The number of hydrogen-bond donors (Lipinski definition) is 3. The molecule has 24 heavy (non-hydrogen) atoms. The van der Waals surface area contributed by atoms with Gasteiger partial charge in [-0.25, -0.2) is 4.98 Å². The Kier molecular flexibility index (Phi) is 4.25. The van der Waals surface area contributed by atoms with E-state index in [-0.39, 0.29) is 17.9 Å². The average Bonchev–Trinajstić information content (AvgIpc) is 2.97. The van der Waals surface area contributed by atoms with E-state index in [1.807, 2.05) is 37.3 Å². The second kappa shape index (κ2) is 6.35. The van der Waals surface area contributed by atoms with Crippen LogP contribution in [-0.2, 0) is 0 Å². The molecule has 2 aromatic carbocycles. The smallest absolute Gasteiger partial charge is 0.252 e. The van der Waals surface area contributed by atoms with Gasteiger partial charge in [0.2, 0.25) is 0 Å². The van der Waals surface area contributed by atoms with Crippen LogP contribution in [-0.4, -0.2) is 15.9 Å². The van der Waals surface area contributed by atoms with Crippen molar-refractivity contribution in [3.8, 4) is 0 Å². The van der Waals surface area contributed by atoms with Gasteiger partial charge in [-0.3, -0.25) is 4.79 Å². The van der Waals surface area contributed by atoms with E-state index in [1.54, 1.807) is 12.1 Å². The Balaban J connectivity index is 1.91. The van der Waals surface area contributed by atoms with Crippen molar-refractivity contribution in [3.05, 3.63) is 59.4 Å². The van der Waals surface area contributed by atoms with Gasteiger partial charge in [-0.1, -0.05) is 32.0 Å². The number of nitrogen functional groups attached to an aromatic ring is 1. The predicted molar refractivity (Wildman–Crippen MR) is 96.7 cm³/mol. The van der Waals surface area contributed by atoms with Crippen molar-refractivity contribution in [2.75, 3.05) is 5.73 Å². The van der Waals surface area contributed by atoms with E-state index in [0.717, 1.165) is 22.4 Å². The molecule has 0 saturated heterocycles. The third kappa shape index (κ3) is 3.11. The zero-order valence-electron chi connectivity index (χ0n) is 14.1. The van der Waals surface area contributed by atoms with Crippen molar-refractivity contribution in [2.24, 2.45) is 5.92 Å². The highest BCUT2D eigenvalue weighted by Gasteiger charge is 2.23. The Bertz CT molecular complexity index is 849. The number of H-pyrrole nitrogens is 1. The summed E-state index contributed by atoms with van der Waals surface area (Å²) in [6, 6.07) is 13.0. The van der Waals surface area contributed by atoms with Crippen LogP contribution in [0, 0.1) is 12.8 Å². The van der Waals surface area contributed by atoms with Gasteiger partial charge < -0.3 is 16.0 Å². The summed E-state index contributed by atoms with van der Waals surface area (Å²) in [5, 5.41) is 3.09. The molecule has 0 saturated carbocycles. The number of hydrogen-bond acceptors (Lipinski definition) is 3. The molecular weight excluding hydrogens is 300 g/mol. The van der Waals surface area contributed by atoms with Crippen molar-refractivity contribution < 1.29 is 4.79 Å². The van der Waals surface area contributed by atoms with Crippen molar-refractivity contribution in [1.29, 1.82) is 0 Å². The van der Waals surface area contributed by atoms with E-state index in [2.05, 4.69) is 29.1 Å². The standard InChI is InChI=1S/C19H22N4O/c1-11(2)17(18-21-15-6-4-5-7-16(15)22-18)23-19(24)14-10-13(20)9-8-12(14)3/h4-11,17H,20H2,1-3H3,(H,21,22)(H,23,24). The number of fused-ring (bicyclic) bond motifs is 1. The first kappa shape index (κ1) is 16.1. The van der Waals surface area contributed by atoms with Gasteiger partial charge >= 0.3 is 0 Å². The molecule has 5 heteroatoms. The van der Waals surface area contributed by atoms with Crippen LogP contribution in [0.3, 0.4) is 0 Å². The monoisotopic (exact) mass is 322 g/mol. The molecule has 1 aromatic heterocycles. The van der Waals surface area contributed by atoms with Gasteiger partial charge in [0.25, 0.3) is 5.91 Å². The maximum absolute atomic E-state index is 12.7. The van der Waals surface area contributed by atoms with Crippen molar-refractivity contribution >= 4 is 22.6 Å². The second-order valence-corrected chi connectivity index (χ2v) is 6.41. The topological polar surface area (TPSA) is 83.8 Å². The van der Waals surface area contributed by atoms with Gasteiger partial charge in [0, 0.05) is 11.3 Å². The number of carbonyl (C=O) groups excluding carboxylic acids is 1. The molecule has 0 spiro atoms. The number of aromatic nitrogens is 2. The van der Waals surface area contributed by atoms with Crippen LogP contribution in [0.1, 0.15) is 41.6 Å². The number of nitrogens with zero attached hydrogens (tertiary/aromatic N) is 1. The molecule has 0 bridgehead atoms. The molecule has 3 rings (SSSR count). The molecule has 1 amide bonds. The van der Waals surface area contributed by atoms with Crippen LogP contribution in [0.4, 0.5) is 5.69 Å². The fraction of sp³-hybridized carbons (Fsp3) is 0.263. The van der Waals surface area contributed by atoms with E-state index in [0.29, 0.717) is 11.3 Å². The zero-order chi connectivity index (χ0) is 17.3. The van der Waals surface area contributed by atoms with Crippen molar-refractivity contribution in [1.82, 2.24) is 15.3 Å². The summed E-state index contributed by atoms with van der Waals surface area (Å²) in [6.45, 7) is 6.02. The summed E-state index contributed by atoms with van der Waals surface area (Å²) in [5.74, 6) is 0.816. The molecule has 0 aliphatic heterocycles. The summed E-state index contributed by atoms with van der Waals surface area (Å²) in [5.41, 5.74) is 9.75. The van der Waals surface area contributed by atoms with E-state index >= 15 is 0 Å². The Hall–Kier alpha value is -2.82. The summed E-state index contributed by atoms with van der Waals surface area (Å²) in [4.78, 5) is 20.6. The van der Waals surface area contributed by atoms with E-state index in [1.165, 1.54) is 0 Å².